The smallest absolute Gasteiger partial charge is 0.251 e. The molecule has 4 nitrogen and oxygen atoms in total. The molecule has 0 unspecified atom stereocenters. The Morgan fingerprint density at radius 3 is 1.78 bits per heavy atom. The molecule has 0 radical (unpaired) electrons. The summed E-state index contributed by atoms with van der Waals surface area (Å²) in [7, 11) is 1.60. The van der Waals surface area contributed by atoms with Crippen LogP contribution in [0.1, 0.15) is 33.0 Å². The van der Waals surface area contributed by atoms with E-state index >= 15 is 0 Å². The first-order chi connectivity index (χ1) is 13.2. The minimum Gasteiger partial charge on any atom is -0.355 e. The Morgan fingerprint density at radius 1 is 0.778 bits per heavy atom. The summed E-state index contributed by atoms with van der Waals surface area (Å²) in [5.74, 6) is -0.542. The van der Waals surface area contributed by atoms with Gasteiger partial charge in [0.15, 0.2) is 0 Å². The Kier molecular flexibility index (Phi) is 6.00. The molecule has 136 valence electrons. The molecule has 0 spiro atoms. The summed E-state index contributed by atoms with van der Waals surface area (Å²) < 4.78 is 0. The van der Waals surface area contributed by atoms with Crippen LogP contribution in [0.3, 0.4) is 0 Å². The van der Waals surface area contributed by atoms with Gasteiger partial charge in [-0.15, -0.1) is 0 Å². The zero-order valence-corrected chi connectivity index (χ0v) is 15.2. The topological polar surface area (TPSA) is 58.2 Å². The Morgan fingerprint density at radius 2 is 1.30 bits per heavy atom. The third-order valence-electron chi connectivity index (χ3n) is 4.44. The lowest BCUT2D eigenvalue weighted by Crippen LogP contribution is -2.29. The first-order valence-electron chi connectivity index (χ1n) is 8.87. The van der Waals surface area contributed by atoms with Gasteiger partial charge in [0.25, 0.3) is 5.91 Å². The summed E-state index contributed by atoms with van der Waals surface area (Å²) in [4.78, 5) is 24.6. The first-order valence-corrected chi connectivity index (χ1v) is 8.87. The summed E-state index contributed by atoms with van der Waals surface area (Å²) >= 11 is 0. The summed E-state index contributed by atoms with van der Waals surface area (Å²) in [5.41, 5.74) is 3.45. The van der Waals surface area contributed by atoms with Gasteiger partial charge in [-0.2, -0.15) is 0 Å². The van der Waals surface area contributed by atoms with Gasteiger partial charge in [-0.3, -0.25) is 9.59 Å². The van der Waals surface area contributed by atoms with Crippen molar-refractivity contribution in [1.82, 2.24) is 10.6 Å². The van der Waals surface area contributed by atoms with E-state index in [9.17, 15) is 9.59 Å². The van der Waals surface area contributed by atoms with Crippen molar-refractivity contribution in [3.8, 4) is 0 Å². The van der Waals surface area contributed by atoms with Crippen LogP contribution in [0.15, 0.2) is 84.9 Å². The van der Waals surface area contributed by atoms with Crippen molar-refractivity contribution < 1.29 is 9.59 Å². The van der Waals surface area contributed by atoms with E-state index in [4.69, 9.17) is 0 Å². The quantitative estimate of drug-likeness (QED) is 0.709. The van der Waals surface area contributed by atoms with Crippen LogP contribution in [0.4, 0.5) is 0 Å². The van der Waals surface area contributed by atoms with Gasteiger partial charge in [0, 0.05) is 19.2 Å². The Labute approximate surface area is 159 Å². The molecule has 3 aromatic carbocycles. The molecular formula is C23H22N2O2. The van der Waals surface area contributed by atoms with Crippen LogP contribution in [0.5, 0.6) is 0 Å². The van der Waals surface area contributed by atoms with Gasteiger partial charge >= 0.3 is 0 Å². The predicted octanol–water partition coefficient (Wildman–Crippen LogP) is 3.49. The second-order valence-electron chi connectivity index (χ2n) is 6.25. The Bertz CT molecular complexity index is 851. The molecule has 27 heavy (non-hydrogen) atoms. The molecule has 0 fully saturated rings. The lowest BCUT2D eigenvalue weighted by Gasteiger charge is -2.18. The summed E-state index contributed by atoms with van der Waals surface area (Å²) in [6.45, 7) is 0.406. The van der Waals surface area contributed by atoms with Crippen molar-refractivity contribution in [2.75, 3.05) is 7.05 Å². The fourth-order valence-corrected chi connectivity index (χ4v) is 3.00. The van der Waals surface area contributed by atoms with Gasteiger partial charge in [0.05, 0.1) is 5.92 Å². The average molecular weight is 358 g/mol. The number of carbonyl (C=O) groups is 2. The second kappa shape index (κ2) is 8.81. The monoisotopic (exact) mass is 358 g/mol. The van der Waals surface area contributed by atoms with Gasteiger partial charge < -0.3 is 10.6 Å². The number of benzene rings is 3. The lowest BCUT2D eigenvalue weighted by molar-refractivity contribution is -0.121. The van der Waals surface area contributed by atoms with E-state index < -0.39 is 0 Å². The first kappa shape index (κ1) is 18.4. The SMILES string of the molecule is CNC(=O)c1ccc(CNC(=O)C(c2ccccc2)c2ccccc2)cc1. The van der Waals surface area contributed by atoms with Gasteiger partial charge in [-0.25, -0.2) is 0 Å². The van der Waals surface area contributed by atoms with Crippen LogP contribution in [-0.2, 0) is 11.3 Å². The largest absolute Gasteiger partial charge is 0.355 e. The highest BCUT2D eigenvalue weighted by atomic mass is 16.2. The molecule has 0 saturated carbocycles. The van der Waals surface area contributed by atoms with E-state index in [0.29, 0.717) is 12.1 Å². The van der Waals surface area contributed by atoms with Crippen molar-refractivity contribution in [3.05, 3.63) is 107 Å². The Hall–Kier alpha value is -3.40. The standard InChI is InChI=1S/C23H22N2O2/c1-24-22(26)20-14-12-17(13-15-20)16-25-23(27)21(18-8-4-2-5-9-18)19-10-6-3-7-11-19/h2-15,21H,16H2,1H3,(H,24,26)(H,25,27). The summed E-state index contributed by atoms with van der Waals surface area (Å²) in [5, 5.41) is 5.61. The van der Waals surface area contributed by atoms with Crippen LogP contribution >= 0.6 is 0 Å². The van der Waals surface area contributed by atoms with Crippen molar-refractivity contribution in [3.63, 3.8) is 0 Å². The van der Waals surface area contributed by atoms with Crippen molar-refractivity contribution in [2.45, 2.75) is 12.5 Å². The molecule has 0 aliphatic carbocycles. The highest BCUT2D eigenvalue weighted by Gasteiger charge is 2.22. The maximum Gasteiger partial charge on any atom is 0.251 e. The number of rotatable bonds is 6. The van der Waals surface area contributed by atoms with Crippen LogP contribution in [-0.4, -0.2) is 18.9 Å². The second-order valence-corrected chi connectivity index (χ2v) is 6.25. The third kappa shape index (κ3) is 4.61. The molecule has 0 bridgehead atoms. The minimum absolute atomic E-state index is 0.0530. The molecule has 4 heteroatoms. The fourth-order valence-electron chi connectivity index (χ4n) is 3.00. The predicted molar refractivity (Wildman–Crippen MR) is 106 cm³/mol. The molecular weight excluding hydrogens is 336 g/mol. The molecule has 0 aliphatic heterocycles. The van der Waals surface area contributed by atoms with Crippen LogP contribution in [0.25, 0.3) is 0 Å². The molecule has 0 saturated heterocycles. The Balaban J connectivity index is 1.74. The highest BCUT2D eigenvalue weighted by molar-refractivity contribution is 5.94. The van der Waals surface area contributed by atoms with E-state index in [2.05, 4.69) is 10.6 Å². The van der Waals surface area contributed by atoms with E-state index in [1.54, 1.807) is 19.2 Å². The average Bonchev–Trinajstić information content (AvgIpc) is 2.74. The van der Waals surface area contributed by atoms with Gasteiger partial charge in [-0.05, 0) is 28.8 Å². The van der Waals surface area contributed by atoms with E-state index in [1.165, 1.54) is 0 Å². The minimum atomic E-state index is -0.363. The third-order valence-corrected chi connectivity index (χ3v) is 4.44. The lowest BCUT2D eigenvalue weighted by atomic mass is 9.90. The van der Waals surface area contributed by atoms with Crippen LogP contribution in [0.2, 0.25) is 0 Å². The maximum atomic E-state index is 13.0. The number of amides is 2. The van der Waals surface area contributed by atoms with E-state index in [-0.39, 0.29) is 17.7 Å². The fraction of sp³-hybridized carbons (Fsp3) is 0.130. The molecule has 3 aromatic rings. The van der Waals surface area contributed by atoms with E-state index in [0.717, 1.165) is 16.7 Å². The van der Waals surface area contributed by atoms with Crippen LogP contribution < -0.4 is 10.6 Å². The molecule has 2 N–H and O–H groups in total. The van der Waals surface area contributed by atoms with Gasteiger partial charge in [0.2, 0.25) is 5.91 Å². The van der Waals surface area contributed by atoms with Crippen molar-refractivity contribution >= 4 is 11.8 Å². The highest BCUT2D eigenvalue weighted by Crippen LogP contribution is 2.24. The van der Waals surface area contributed by atoms with Gasteiger partial charge in [0.1, 0.15) is 0 Å². The van der Waals surface area contributed by atoms with Crippen molar-refractivity contribution in [2.24, 2.45) is 0 Å². The summed E-state index contributed by atoms with van der Waals surface area (Å²) in [6, 6.07) is 26.7. The van der Waals surface area contributed by atoms with E-state index in [1.807, 2.05) is 72.8 Å². The molecule has 3 rings (SSSR count). The zero-order chi connectivity index (χ0) is 19.1. The molecule has 2 amide bonds. The maximum absolute atomic E-state index is 13.0. The van der Waals surface area contributed by atoms with Crippen LogP contribution in [0, 0.1) is 0 Å². The zero-order valence-electron chi connectivity index (χ0n) is 15.2. The molecule has 0 aromatic heterocycles. The number of carbonyl (C=O) groups excluding carboxylic acids is 2. The number of hydrogen-bond donors (Lipinski definition) is 2. The normalized spacial score (nSPS) is 10.4. The molecule has 0 atom stereocenters. The van der Waals surface area contributed by atoms with Crippen molar-refractivity contribution in [1.29, 1.82) is 0 Å². The van der Waals surface area contributed by atoms with Gasteiger partial charge in [-0.1, -0.05) is 72.8 Å². The number of nitrogens with one attached hydrogen (secondary N) is 2. The molecule has 0 aliphatic rings. The summed E-state index contributed by atoms with van der Waals surface area (Å²) in [6.07, 6.45) is 0. The number of hydrogen-bond acceptors (Lipinski definition) is 2. The molecule has 0 heterocycles.